The van der Waals surface area contributed by atoms with Gasteiger partial charge >= 0.3 is 0 Å². The molecule has 7 heteroatoms. The van der Waals surface area contributed by atoms with Crippen LogP contribution in [0, 0.1) is 0 Å². The van der Waals surface area contributed by atoms with Crippen LogP contribution in [-0.2, 0) is 11.2 Å². The lowest BCUT2D eigenvalue weighted by atomic mass is 9.88. The summed E-state index contributed by atoms with van der Waals surface area (Å²) in [6.45, 7) is 6.41. The number of anilines is 1. The SMILES string of the molecule is CC1CCc2ncnc(N3CCN(C(=O)[C@@H](c4ccc(Cl)cc4)C4CCCN4C)CC3)c21. The average Bonchev–Trinajstić information content (AvgIpc) is 3.41. The van der Waals surface area contributed by atoms with Crippen molar-refractivity contribution in [2.45, 2.75) is 50.5 Å². The van der Waals surface area contributed by atoms with E-state index in [1.54, 1.807) is 6.33 Å². The maximum Gasteiger partial charge on any atom is 0.231 e. The molecule has 2 aliphatic heterocycles. The van der Waals surface area contributed by atoms with Gasteiger partial charge in [0.1, 0.15) is 12.1 Å². The Morgan fingerprint density at radius 2 is 1.81 bits per heavy atom. The van der Waals surface area contributed by atoms with E-state index in [-0.39, 0.29) is 17.9 Å². The zero-order chi connectivity index (χ0) is 22.2. The molecule has 3 atom stereocenters. The van der Waals surface area contributed by atoms with Gasteiger partial charge in [-0.1, -0.05) is 30.7 Å². The Morgan fingerprint density at radius 1 is 1.06 bits per heavy atom. The lowest BCUT2D eigenvalue weighted by Crippen LogP contribution is -2.52. The van der Waals surface area contributed by atoms with Gasteiger partial charge in [0.25, 0.3) is 0 Å². The van der Waals surface area contributed by atoms with Crippen molar-refractivity contribution in [1.82, 2.24) is 19.8 Å². The Kier molecular flexibility index (Phi) is 6.08. The minimum atomic E-state index is -0.144. The molecule has 1 aliphatic carbocycles. The highest BCUT2D eigenvalue weighted by Crippen LogP contribution is 2.38. The van der Waals surface area contributed by atoms with Crippen molar-refractivity contribution in [3.8, 4) is 0 Å². The van der Waals surface area contributed by atoms with Crippen LogP contribution in [0.15, 0.2) is 30.6 Å². The van der Waals surface area contributed by atoms with Gasteiger partial charge in [0, 0.05) is 48.5 Å². The maximum atomic E-state index is 13.8. The van der Waals surface area contributed by atoms with Crippen LogP contribution in [0.25, 0.3) is 0 Å². The zero-order valence-electron chi connectivity index (χ0n) is 19.0. The molecular weight excluding hydrogens is 422 g/mol. The number of likely N-dealkylation sites (N-methyl/N-ethyl adjacent to an activating group) is 1. The van der Waals surface area contributed by atoms with E-state index >= 15 is 0 Å². The number of rotatable bonds is 4. The fourth-order valence-electron chi connectivity index (χ4n) is 5.77. The van der Waals surface area contributed by atoms with Crippen molar-refractivity contribution < 1.29 is 4.79 Å². The molecule has 3 aliphatic rings. The van der Waals surface area contributed by atoms with E-state index in [9.17, 15) is 4.79 Å². The first-order valence-corrected chi connectivity index (χ1v) is 12.2. The van der Waals surface area contributed by atoms with E-state index in [1.807, 2.05) is 24.3 Å². The Labute approximate surface area is 195 Å². The molecule has 1 aromatic heterocycles. The number of likely N-dealkylation sites (tertiary alicyclic amines) is 1. The molecule has 2 fully saturated rings. The highest BCUT2D eigenvalue weighted by molar-refractivity contribution is 6.30. The second-order valence-electron chi connectivity index (χ2n) is 9.53. The van der Waals surface area contributed by atoms with Gasteiger partial charge in [0.2, 0.25) is 5.91 Å². The Morgan fingerprint density at radius 3 is 2.50 bits per heavy atom. The summed E-state index contributed by atoms with van der Waals surface area (Å²) in [7, 11) is 2.14. The average molecular weight is 454 g/mol. The van der Waals surface area contributed by atoms with E-state index in [0.717, 1.165) is 69.8 Å². The van der Waals surface area contributed by atoms with Crippen molar-refractivity contribution in [3.63, 3.8) is 0 Å². The van der Waals surface area contributed by atoms with Gasteiger partial charge in [0.15, 0.2) is 0 Å². The zero-order valence-corrected chi connectivity index (χ0v) is 19.8. The molecule has 0 saturated carbocycles. The number of carbonyl (C=O) groups is 1. The number of piperazine rings is 1. The van der Waals surface area contributed by atoms with Crippen molar-refractivity contribution in [3.05, 3.63) is 52.4 Å². The predicted molar refractivity (Wildman–Crippen MR) is 127 cm³/mol. The largest absolute Gasteiger partial charge is 0.353 e. The highest BCUT2D eigenvalue weighted by atomic mass is 35.5. The van der Waals surface area contributed by atoms with Gasteiger partial charge in [-0.25, -0.2) is 9.97 Å². The van der Waals surface area contributed by atoms with Crippen LogP contribution < -0.4 is 4.90 Å². The lowest BCUT2D eigenvalue weighted by Gasteiger charge is -2.39. The molecule has 170 valence electrons. The smallest absolute Gasteiger partial charge is 0.231 e. The van der Waals surface area contributed by atoms with Gasteiger partial charge in [-0.2, -0.15) is 0 Å². The fraction of sp³-hybridized carbons (Fsp3) is 0.560. The molecule has 0 spiro atoms. The number of aryl methyl sites for hydroxylation is 1. The van der Waals surface area contributed by atoms with Crippen LogP contribution >= 0.6 is 11.6 Å². The Bertz CT molecular complexity index is 973. The number of halogens is 1. The summed E-state index contributed by atoms with van der Waals surface area (Å²) in [5.74, 6) is 1.69. The van der Waals surface area contributed by atoms with Crippen LogP contribution in [0.4, 0.5) is 5.82 Å². The quantitative estimate of drug-likeness (QED) is 0.706. The van der Waals surface area contributed by atoms with Crippen LogP contribution in [-0.4, -0.2) is 71.5 Å². The third-order valence-corrected chi connectivity index (χ3v) is 7.85. The van der Waals surface area contributed by atoms with Crippen LogP contribution in [0.1, 0.15) is 54.8 Å². The molecule has 3 heterocycles. The first-order valence-electron chi connectivity index (χ1n) is 11.9. The second kappa shape index (κ2) is 8.99. The summed E-state index contributed by atoms with van der Waals surface area (Å²) in [5.41, 5.74) is 3.59. The second-order valence-corrected chi connectivity index (χ2v) is 9.97. The van der Waals surface area contributed by atoms with Crippen LogP contribution in [0.3, 0.4) is 0 Å². The standard InChI is InChI=1S/C25H32ClN5O/c1-17-5-10-20-22(17)24(28-16-27-20)30-12-14-31(15-13-30)25(32)23(21-4-3-11-29(21)2)18-6-8-19(26)9-7-18/h6-9,16-17,21,23H,3-5,10-15H2,1-2H3/t17?,21?,23-/m0/s1. The molecular formula is C25H32ClN5O. The molecule has 32 heavy (non-hydrogen) atoms. The number of aromatic nitrogens is 2. The number of benzene rings is 1. The number of fused-ring (bicyclic) bond motifs is 1. The van der Waals surface area contributed by atoms with Crippen molar-refractivity contribution in [1.29, 1.82) is 0 Å². The third kappa shape index (κ3) is 3.99. The third-order valence-electron chi connectivity index (χ3n) is 7.60. The van der Waals surface area contributed by atoms with Gasteiger partial charge in [-0.3, -0.25) is 4.79 Å². The predicted octanol–water partition coefficient (Wildman–Crippen LogP) is 3.71. The maximum absolute atomic E-state index is 13.8. The van der Waals surface area contributed by atoms with Crippen molar-refractivity contribution >= 4 is 23.3 Å². The normalized spacial score (nSPS) is 24.6. The Balaban J connectivity index is 1.33. The van der Waals surface area contributed by atoms with Gasteiger partial charge < -0.3 is 14.7 Å². The van der Waals surface area contributed by atoms with Gasteiger partial charge in [0.05, 0.1) is 5.92 Å². The molecule has 5 rings (SSSR count). The van der Waals surface area contributed by atoms with E-state index in [2.05, 4.69) is 38.6 Å². The van der Waals surface area contributed by atoms with E-state index in [1.165, 1.54) is 11.3 Å². The van der Waals surface area contributed by atoms with Crippen LogP contribution in [0.2, 0.25) is 5.02 Å². The molecule has 1 amide bonds. The summed E-state index contributed by atoms with van der Waals surface area (Å²) in [5, 5.41) is 0.708. The molecule has 2 aromatic rings. The minimum absolute atomic E-state index is 0.144. The van der Waals surface area contributed by atoms with Gasteiger partial charge in [-0.15, -0.1) is 0 Å². The lowest BCUT2D eigenvalue weighted by molar-refractivity contribution is -0.134. The van der Waals surface area contributed by atoms with Gasteiger partial charge in [-0.05, 0) is 62.9 Å². The topological polar surface area (TPSA) is 52.6 Å². The molecule has 0 bridgehead atoms. The summed E-state index contributed by atoms with van der Waals surface area (Å²) in [4.78, 5) is 29.7. The molecule has 0 N–H and O–H groups in total. The van der Waals surface area contributed by atoms with E-state index < -0.39 is 0 Å². The minimum Gasteiger partial charge on any atom is -0.353 e. The number of hydrogen-bond acceptors (Lipinski definition) is 5. The monoisotopic (exact) mass is 453 g/mol. The highest BCUT2D eigenvalue weighted by Gasteiger charge is 2.38. The van der Waals surface area contributed by atoms with E-state index in [4.69, 9.17) is 11.6 Å². The summed E-state index contributed by atoms with van der Waals surface area (Å²) < 4.78 is 0. The fourth-order valence-corrected chi connectivity index (χ4v) is 5.89. The summed E-state index contributed by atoms with van der Waals surface area (Å²) in [6.07, 6.45) is 6.10. The van der Waals surface area contributed by atoms with Crippen LogP contribution in [0.5, 0.6) is 0 Å². The number of hydrogen-bond donors (Lipinski definition) is 0. The molecule has 6 nitrogen and oxygen atoms in total. The Hall–Kier alpha value is -2.18. The van der Waals surface area contributed by atoms with Crippen molar-refractivity contribution in [2.24, 2.45) is 0 Å². The first-order chi connectivity index (χ1) is 15.5. The summed E-state index contributed by atoms with van der Waals surface area (Å²) in [6, 6.07) is 8.10. The molecule has 1 aromatic carbocycles. The summed E-state index contributed by atoms with van der Waals surface area (Å²) >= 11 is 6.14. The first kappa shape index (κ1) is 21.7. The van der Waals surface area contributed by atoms with E-state index in [0.29, 0.717) is 10.9 Å². The molecule has 0 radical (unpaired) electrons. The number of nitrogens with zero attached hydrogens (tertiary/aromatic N) is 5. The molecule has 2 unspecified atom stereocenters. The molecule has 2 saturated heterocycles. The number of carbonyl (C=O) groups excluding carboxylic acids is 1. The number of amides is 1. The van der Waals surface area contributed by atoms with Crippen molar-refractivity contribution in [2.75, 3.05) is 44.7 Å².